The maximum atomic E-state index is 12.6. The molecule has 0 aliphatic carbocycles. The van der Waals surface area contributed by atoms with Gasteiger partial charge in [-0.05, 0) is 55.5 Å². The van der Waals surface area contributed by atoms with Crippen LogP contribution >= 0.6 is 11.6 Å². The van der Waals surface area contributed by atoms with E-state index < -0.39 is 16.0 Å². The number of nitrogens with one attached hydrogen (secondary N) is 1. The SMILES string of the molecule is CCOC(=O)c1ccn(-c2ccc(NS(=O)(=O)c3ccc(OC)c(Cl)c3)cc2)n1. The zero-order valence-corrected chi connectivity index (χ0v) is 17.2. The first-order valence-corrected chi connectivity index (χ1v) is 10.4. The van der Waals surface area contributed by atoms with Crippen molar-refractivity contribution >= 4 is 33.3 Å². The summed E-state index contributed by atoms with van der Waals surface area (Å²) in [6.45, 7) is 1.98. The maximum absolute atomic E-state index is 12.6. The van der Waals surface area contributed by atoms with Crippen molar-refractivity contribution < 1.29 is 22.7 Å². The Balaban J connectivity index is 1.77. The molecular weight excluding hydrogens is 418 g/mol. The number of esters is 1. The van der Waals surface area contributed by atoms with Crippen molar-refractivity contribution in [2.75, 3.05) is 18.4 Å². The number of anilines is 1. The summed E-state index contributed by atoms with van der Waals surface area (Å²) in [6.07, 6.45) is 1.62. The van der Waals surface area contributed by atoms with E-state index in [9.17, 15) is 13.2 Å². The van der Waals surface area contributed by atoms with Gasteiger partial charge in [0.15, 0.2) is 5.69 Å². The van der Waals surface area contributed by atoms with Crippen molar-refractivity contribution in [1.29, 1.82) is 0 Å². The Kier molecular flexibility index (Phi) is 6.09. The van der Waals surface area contributed by atoms with Crippen LogP contribution in [0.4, 0.5) is 5.69 Å². The molecule has 0 unspecified atom stereocenters. The first-order chi connectivity index (χ1) is 13.8. The number of aromatic nitrogens is 2. The van der Waals surface area contributed by atoms with E-state index >= 15 is 0 Å². The molecule has 0 saturated carbocycles. The molecule has 2 aromatic carbocycles. The van der Waals surface area contributed by atoms with Gasteiger partial charge in [-0.15, -0.1) is 0 Å². The Morgan fingerprint density at radius 1 is 1.17 bits per heavy atom. The molecule has 0 bridgehead atoms. The summed E-state index contributed by atoms with van der Waals surface area (Å²) in [5, 5.41) is 4.35. The molecule has 0 fully saturated rings. The summed E-state index contributed by atoms with van der Waals surface area (Å²) >= 11 is 6.01. The van der Waals surface area contributed by atoms with E-state index in [1.807, 2.05) is 0 Å². The second-order valence-electron chi connectivity index (χ2n) is 5.81. The average Bonchev–Trinajstić information content (AvgIpc) is 3.19. The molecule has 1 N–H and O–H groups in total. The van der Waals surface area contributed by atoms with Gasteiger partial charge < -0.3 is 9.47 Å². The second-order valence-corrected chi connectivity index (χ2v) is 7.90. The number of methoxy groups -OCH3 is 1. The van der Waals surface area contributed by atoms with Gasteiger partial charge in [0.25, 0.3) is 10.0 Å². The lowest BCUT2D eigenvalue weighted by atomic mass is 10.3. The smallest absolute Gasteiger partial charge is 0.358 e. The fourth-order valence-corrected chi connectivity index (χ4v) is 3.90. The summed E-state index contributed by atoms with van der Waals surface area (Å²) in [4.78, 5) is 11.7. The van der Waals surface area contributed by atoms with Gasteiger partial charge in [-0.25, -0.2) is 17.9 Å². The standard InChI is InChI=1S/C19H18ClN3O5S/c1-3-28-19(24)17-10-11-23(21-17)14-6-4-13(5-7-14)22-29(25,26)15-8-9-18(27-2)16(20)12-15/h4-12,22H,3H2,1-2H3. The molecule has 0 radical (unpaired) electrons. The minimum Gasteiger partial charge on any atom is -0.495 e. The first-order valence-electron chi connectivity index (χ1n) is 8.53. The molecule has 29 heavy (non-hydrogen) atoms. The number of carbonyl (C=O) groups is 1. The zero-order valence-electron chi connectivity index (χ0n) is 15.6. The van der Waals surface area contributed by atoms with Crippen LogP contribution in [0.25, 0.3) is 5.69 Å². The highest BCUT2D eigenvalue weighted by Gasteiger charge is 2.17. The van der Waals surface area contributed by atoms with Crippen LogP contribution in [0.5, 0.6) is 5.75 Å². The molecule has 0 aliphatic rings. The van der Waals surface area contributed by atoms with Gasteiger partial charge in [0.1, 0.15) is 5.75 Å². The van der Waals surface area contributed by atoms with Gasteiger partial charge in [0.2, 0.25) is 0 Å². The third-order valence-electron chi connectivity index (χ3n) is 3.89. The Morgan fingerprint density at radius 3 is 2.52 bits per heavy atom. The molecule has 0 aliphatic heterocycles. The van der Waals surface area contributed by atoms with E-state index in [0.717, 1.165) is 0 Å². The van der Waals surface area contributed by atoms with Crippen LogP contribution in [0.2, 0.25) is 5.02 Å². The number of nitrogens with zero attached hydrogens (tertiary/aromatic N) is 2. The Morgan fingerprint density at radius 2 is 1.90 bits per heavy atom. The van der Waals surface area contributed by atoms with Gasteiger partial charge in [-0.2, -0.15) is 5.10 Å². The van der Waals surface area contributed by atoms with E-state index in [-0.39, 0.29) is 22.2 Å². The van der Waals surface area contributed by atoms with Crippen LogP contribution in [0.15, 0.2) is 59.6 Å². The van der Waals surface area contributed by atoms with E-state index in [1.165, 1.54) is 30.0 Å². The predicted molar refractivity (Wildman–Crippen MR) is 108 cm³/mol. The molecule has 3 aromatic rings. The normalized spacial score (nSPS) is 11.1. The molecule has 0 amide bonds. The van der Waals surface area contributed by atoms with Gasteiger partial charge in [-0.1, -0.05) is 11.6 Å². The Labute approximate surface area is 173 Å². The summed E-state index contributed by atoms with van der Waals surface area (Å²) in [5.41, 5.74) is 1.20. The second kappa shape index (κ2) is 8.54. The van der Waals surface area contributed by atoms with Crippen LogP contribution in [-0.2, 0) is 14.8 Å². The molecule has 0 saturated heterocycles. The monoisotopic (exact) mass is 435 g/mol. The number of hydrogen-bond donors (Lipinski definition) is 1. The minimum atomic E-state index is -3.83. The van der Waals surface area contributed by atoms with Crippen molar-refractivity contribution in [2.45, 2.75) is 11.8 Å². The van der Waals surface area contributed by atoms with Crippen molar-refractivity contribution in [2.24, 2.45) is 0 Å². The first kappa shape index (κ1) is 20.7. The maximum Gasteiger partial charge on any atom is 0.358 e. The molecular formula is C19H18ClN3O5S. The van der Waals surface area contributed by atoms with Gasteiger partial charge in [-0.3, -0.25) is 4.72 Å². The summed E-state index contributed by atoms with van der Waals surface area (Å²) in [5.74, 6) is -0.120. The molecule has 1 aromatic heterocycles. The molecule has 1 heterocycles. The van der Waals surface area contributed by atoms with Gasteiger partial charge in [0, 0.05) is 11.9 Å². The number of hydrogen-bond acceptors (Lipinski definition) is 6. The number of carbonyl (C=O) groups excluding carboxylic acids is 1. The molecule has 152 valence electrons. The fourth-order valence-electron chi connectivity index (χ4n) is 2.49. The molecule has 10 heteroatoms. The summed E-state index contributed by atoms with van der Waals surface area (Å²) < 4.78 is 39.1. The van der Waals surface area contributed by atoms with Crippen molar-refractivity contribution in [3.63, 3.8) is 0 Å². The molecule has 8 nitrogen and oxygen atoms in total. The number of halogens is 1. The zero-order chi connectivity index (χ0) is 21.0. The predicted octanol–water partition coefficient (Wildman–Crippen LogP) is 3.51. The highest BCUT2D eigenvalue weighted by atomic mass is 35.5. The van der Waals surface area contributed by atoms with Gasteiger partial charge >= 0.3 is 5.97 Å². The van der Waals surface area contributed by atoms with Crippen LogP contribution in [0.3, 0.4) is 0 Å². The van der Waals surface area contributed by atoms with Crippen molar-refractivity contribution in [3.05, 3.63) is 65.4 Å². The van der Waals surface area contributed by atoms with Crippen molar-refractivity contribution in [3.8, 4) is 11.4 Å². The van der Waals surface area contributed by atoms with Crippen LogP contribution < -0.4 is 9.46 Å². The fraction of sp³-hybridized carbons (Fsp3) is 0.158. The Hall–Kier alpha value is -3.04. The third-order valence-corrected chi connectivity index (χ3v) is 5.57. The van der Waals surface area contributed by atoms with Crippen LogP contribution in [0.1, 0.15) is 17.4 Å². The lowest BCUT2D eigenvalue weighted by Crippen LogP contribution is -2.13. The van der Waals surface area contributed by atoms with E-state index in [2.05, 4.69) is 9.82 Å². The third kappa shape index (κ3) is 4.69. The number of benzene rings is 2. The summed E-state index contributed by atoms with van der Waals surface area (Å²) in [6, 6.07) is 12.3. The highest BCUT2D eigenvalue weighted by molar-refractivity contribution is 7.92. The van der Waals surface area contributed by atoms with Gasteiger partial charge in [0.05, 0.1) is 29.3 Å². The molecule has 0 atom stereocenters. The Bertz CT molecular complexity index is 1130. The van der Waals surface area contributed by atoms with E-state index in [0.29, 0.717) is 17.1 Å². The van der Waals surface area contributed by atoms with E-state index in [1.54, 1.807) is 43.5 Å². The molecule has 0 spiro atoms. The quantitative estimate of drug-likeness (QED) is 0.570. The summed E-state index contributed by atoms with van der Waals surface area (Å²) in [7, 11) is -2.38. The lowest BCUT2D eigenvalue weighted by molar-refractivity contribution is 0.0519. The van der Waals surface area contributed by atoms with Crippen molar-refractivity contribution in [1.82, 2.24) is 9.78 Å². The van der Waals surface area contributed by atoms with Crippen LogP contribution in [-0.4, -0.2) is 37.9 Å². The minimum absolute atomic E-state index is 0.0125. The molecule has 3 rings (SSSR count). The number of ether oxygens (including phenoxy) is 2. The number of rotatable bonds is 7. The highest BCUT2D eigenvalue weighted by Crippen LogP contribution is 2.28. The number of sulfonamides is 1. The van der Waals surface area contributed by atoms with Crippen LogP contribution in [0, 0.1) is 0 Å². The topological polar surface area (TPSA) is 99.5 Å². The van der Waals surface area contributed by atoms with E-state index in [4.69, 9.17) is 21.1 Å². The largest absolute Gasteiger partial charge is 0.495 e. The lowest BCUT2D eigenvalue weighted by Gasteiger charge is -2.10. The average molecular weight is 436 g/mol.